The van der Waals surface area contributed by atoms with E-state index in [2.05, 4.69) is 0 Å². The third-order valence-electron chi connectivity index (χ3n) is 6.20. The van der Waals surface area contributed by atoms with Gasteiger partial charge in [0.15, 0.2) is 0 Å². The van der Waals surface area contributed by atoms with Gasteiger partial charge in [0.25, 0.3) is 0 Å². The number of sulfone groups is 1. The lowest BCUT2D eigenvalue weighted by molar-refractivity contribution is 0.307. The molecule has 0 aromatic heterocycles. The number of aryl methyl sites for hydroxylation is 1. The van der Waals surface area contributed by atoms with Crippen molar-refractivity contribution in [3.63, 3.8) is 0 Å². The third kappa shape index (κ3) is 5.27. The van der Waals surface area contributed by atoms with Crippen molar-refractivity contribution in [2.45, 2.75) is 23.3 Å². The molecule has 5 heteroatoms. The smallest absolute Gasteiger partial charge is 0.207 e. The predicted octanol–water partition coefficient (Wildman–Crippen LogP) is 7.45. The van der Waals surface area contributed by atoms with Gasteiger partial charge in [0, 0.05) is 11.1 Å². The quantitative estimate of drug-likeness (QED) is 0.249. The van der Waals surface area contributed by atoms with E-state index in [1.165, 1.54) is 29.8 Å². The third-order valence-corrected chi connectivity index (χ3v) is 8.01. The van der Waals surface area contributed by atoms with Crippen LogP contribution in [0.25, 0.3) is 22.3 Å². The van der Waals surface area contributed by atoms with Crippen molar-refractivity contribution in [3.8, 4) is 33.8 Å². The van der Waals surface area contributed by atoms with Crippen LogP contribution in [0.4, 0.5) is 0 Å². The van der Waals surface area contributed by atoms with E-state index in [9.17, 15) is 13.5 Å². The molecule has 0 bridgehead atoms. The van der Waals surface area contributed by atoms with E-state index in [4.69, 9.17) is 4.74 Å². The van der Waals surface area contributed by atoms with Crippen molar-refractivity contribution < 1.29 is 18.3 Å². The Morgan fingerprint density at radius 3 is 1.84 bits per heavy atom. The second kappa shape index (κ2) is 10.3. The number of rotatable bonds is 7. The monoisotopic (exact) mass is 506 g/mol. The largest absolute Gasteiger partial charge is 0.508 e. The average molecular weight is 507 g/mol. The van der Waals surface area contributed by atoms with Crippen LogP contribution in [0.1, 0.15) is 11.1 Å². The summed E-state index contributed by atoms with van der Waals surface area (Å²) in [5, 5.41) is 9.71. The maximum atomic E-state index is 13.9. The zero-order valence-electron chi connectivity index (χ0n) is 20.3. The molecule has 0 spiro atoms. The molecule has 0 saturated carbocycles. The Balaban J connectivity index is 1.71. The highest BCUT2D eigenvalue weighted by molar-refractivity contribution is 7.91. The number of aromatic hydroxyl groups is 1. The van der Waals surface area contributed by atoms with Crippen LogP contribution in [0.3, 0.4) is 0 Å². The molecule has 0 unspecified atom stereocenters. The molecule has 0 aliphatic heterocycles. The van der Waals surface area contributed by atoms with Gasteiger partial charge in [-0.25, -0.2) is 8.42 Å². The molecular weight excluding hydrogens is 480 g/mol. The second-order valence-electron chi connectivity index (χ2n) is 8.85. The zero-order chi connectivity index (χ0) is 25.8. The summed E-state index contributed by atoms with van der Waals surface area (Å²) < 4.78 is 34.2. The molecule has 0 fully saturated rings. The van der Waals surface area contributed by atoms with Crippen LogP contribution in [0, 0.1) is 6.92 Å². The average Bonchev–Trinajstić information content (AvgIpc) is 2.93. The van der Waals surface area contributed by atoms with E-state index in [1.807, 2.05) is 97.9 Å². The summed E-state index contributed by atoms with van der Waals surface area (Å²) in [5.74, 6) is 0.599. The van der Waals surface area contributed by atoms with Crippen molar-refractivity contribution >= 4 is 9.84 Å². The van der Waals surface area contributed by atoms with Crippen LogP contribution in [-0.4, -0.2) is 13.5 Å². The van der Waals surface area contributed by atoms with Gasteiger partial charge in [-0.1, -0.05) is 90.5 Å². The molecule has 0 aliphatic rings. The van der Waals surface area contributed by atoms with Gasteiger partial charge in [0.05, 0.1) is 9.79 Å². The van der Waals surface area contributed by atoms with E-state index in [1.54, 1.807) is 6.07 Å². The number of hydrogen-bond acceptors (Lipinski definition) is 4. The fourth-order valence-electron chi connectivity index (χ4n) is 4.19. The van der Waals surface area contributed by atoms with Crippen molar-refractivity contribution in [3.05, 3.63) is 132 Å². The van der Waals surface area contributed by atoms with Gasteiger partial charge >= 0.3 is 0 Å². The topological polar surface area (TPSA) is 63.6 Å². The van der Waals surface area contributed by atoms with Crippen molar-refractivity contribution in [2.24, 2.45) is 0 Å². The highest BCUT2D eigenvalue weighted by Crippen LogP contribution is 2.41. The van der Waals surface area contributed by atoms with Gasteiger partial charge in [-0.15, -0.1) is 0 Å². The number of benzene rings is 5. The number of hydrogen-bond donors (Lipinski definition) is 1. The molecule has 5 rings (SSSR count). The minimum absolute atomic E-state index is 0.00654. The van der Waals surface area contributed by atoms with Gasteiger partial charge in [-0.05, 0) is 60.0 Å². The maximum absolute atomic E-state index is 13.9. The molecule has 0 amide bonds. The molecule has 37 heavy (non-hydrogen) atoms. The van der Waals surface area contributed by atoms with Crippen molar-refractivity contribution in [1.82, 2.24) is 0 Å². The van der Waals surface area contributed by atoms with E-state index in [-0.39, 0.29) is 15.5 Å². The van der Waals surface area contributed by atoms with Crippen LogP contribution < -0.4 is 4.74 Å². The molecule has 0 heterocycles. The molecule has 0 atom stereocenters. The lowest BCUT2D eigenvalue weighted by atomic mass is 9.99. The minimum Gasteiger partial charge on any atom is -0.508 e. The van der Waals surface area contributed by atoms with Crippen molar-refractivity contribution in [1.29, 1.82) is 0 Å². The molecule has 0 saturated heterocycles. The molecule has 4 nitrogen and oxygen atoms in total. The van der Waals surface area contributed by atoms with E-state index in [0.717, 1.165) is 16.7 Å². The summed E-state index contributed by atoms with van der Waals surface area (Å²) in [6.07, 6.45) is 0. The number of phenolic OH excluding ortho intramolecular Hbond substituents is 1. The van der Waals surface area contributed by atoms with Crippen LogP contribution in [0.2, 0.25) is 0 Å². The van der Waals surface area contributed by atoms with Gasteiger partial charge in [-0.3, -0.25) is 0 Å². The summed E-state index contributed by atoms with van der Waals surface area (Å²) in [4.78, 5) is 0.278. The summed E-state index contributed by atoms with van der Waals surface area (Å²) in [7, 11) is -3.92. The second-order valence-corrected chi connectivity index (χ2v) is 10.8. The lowest BCUT2D eigenvalue weighted by Crippen LogP contribution is -2.06. The summed E-state index contributed by atoms with van der Waals surface area (Å²) in [6, 6.07) is 36.3. The van der Waals surface area contributed by atoms with E-state index < -0.39 is 9.84 Å². The molecule has 1 N–H and O–H groups in total. The van der Waals surface area contributed by atoms with Gasteiger partial charge in [-0.2, -0.15) is 0 Å². The molecule has 5 aromatic rings. The molecule has 0 radical (unpaired) electrons. The Morgan fingerprint density at radius 2 is 1.24 bits per heavy atom. The number of phenols is 1. The van der Waals surface area contributed by atoms with Gasteiger partial charge in [0.2, 0.25) is 9.84 Å². The van der Waals surface area contributed by atoms with Crippen molar-refractivity contribution in [2.75, 3.05) is 0 Å². The van der Waals surface area contributed by atoms with Crippen LogP contribution in [0.15, 0.2) is 131 Å². The van der Waals surface area contributed by atoms with E-state index in [0.29, 0.717) is 23.5 Å². The maximum Gasteiger partial charge on any atom is 0.207 e. The highest BCUT2D eigenvalue weighted by atomic mass is 32.2. The van der Waals surface area contributed by atoms with E-state index >= 15 is 0 Å². The molecular formula is C32H26O4S. The molecule has 184 valence electrons. The first-order valence-corrected chi connectivity index (χ1v) is 13.4. The standard InChI is InChI=1S/C32H26O4S/c1-23-12-14-24(15-13-23)22-36-31-20-30(26-10-6-3-7-11-26)32(21-29(31)25-8-4-2-5-9-25)37(34,35)28-18-16-27(33)17-19-28/h2-21,33H,22H2,1H3. The Kier molecular flexibility index (Phi) is 6.80. The Morgan fingerprint density at radius 1 is 0.676 bits per heavy atom. The van der Waals surface area contributed by atoms with Crippen LogP contribution >= 0.6 is 0 Å². The lowest BCUT2D eigenvalue weighted by Gasteiger charge is -2.18. The summed E-state index contributed by atoms with van der Waals surface area (Å²) in [6.45, 7) is 2.38. The predicted molar refractivity (Wildman–Crippen MR) is 146 cm³/mol. The fraction of sp³-hybridized carbons (Fsp3) is 0.0625. The first-order valence-electron chi connectivity index (χ1n) is 11.9. The van der Waals surface area contributed by atoms with Crippen LogP contribution in [-0.2, 0) is 16.4 Å². The highest BCUT2D eigenvalue weighted by Gasteiger charge is 2.25. The Labute approximate surface area is 217 Å². The first-order chi connectivity index (χ1) is 17.9. The number of ether oxygens (including phenoxy) is 1. The van der Waals surface area contributed by atoms with Gasteiger partial charge in [0.1, 0.15) is 18.1 Å². The van der Waals surface area contributed by atoms with Gasteiger partial charge < -0.3 is 9.84 Å². The zero-order valence-corrected chi connectivity index (χ0v) is 21.2. The summed E-state index contributed by atoms with van der Waals surface area (Å²) >= 11 is 0. The fourth-order valence-corrected chi connectivity index (χ4v) is 5.67. The molecule has 5 aromatic carbocycles. The minimum atomic E-state index is -3.92. The normalized spacial score (nSPS) is 11.3. The molecule has 0 aliphatic carbocycles. The Bertz CT molecular complexity index is 1610. The van der Waals surface area contributed by atoms with Crippen LogP contribution in [0.5, 0.6) is 11.5 Å². The summed E-state index contributed by atoms with van der Waals surface area (Å²) in [5.41, 5.74) is 5.04. The SMILES string of the molecule is Cc1ccc(COc2cc(-c3ccccc3)c(S(=O)(=O)c3ccc(O)cc3)cc2-c2ccccc2)cc1. The Hall–Kier alpha value is -4.35. The first kappa shape index (κ1) is 24.3.